The van der Waals surface area contributed by atoms with Gasteiger partial charge in [-0.3, -0.25) is 5.32 Å². The van der Waals surface area contributed by atoms with Crippen LogP contribution in [0.4, 0.5) is 10.5 Å². The maximum Gasteiger partial charge on any atom is 0.417 e. The van der Waals surface area contributed by atoms with Gasteiger partial charge in [0, 0.05) is 6.07 Å². The van der Waals surface area contributed by atoms with Crippen LogP contribution in [0.2, 0.25) is 5.02 Å². The molecule has 6 heteroatoms. The molecule has 0 saturated heterocycles. The van der Waals surface area contributed by atoms with Gasteiger partial charge in [0.25, 0.3) is 0 Å². The van der Waals surface area contributed by atoms with Crippen molar-refractivity contribution in [2.45, 2.75) is 19.3 Å². The molecular weight excluding hydrogens is 330 g/mol. The highest BCUT2D eigenvalue weighted by Gasteiger charge is 2.15. The van der Waals surface area contributed by atoms with Crippen LogP contribution in [-0.4, -0.2) is 20.3 Å². The number of anilines is 1. The number of benzene rings is 2. The van der Waals surface area contributed by atoms with Crippen LogP contribution in [-0.2, 0) is 12.8 Å². The number of carbonyl (C=O) groups is 1. The molecule has 0 atom stereocenters. The van der Waals surface area contributed by atoms with E-state index in [1.165, 1.54) is 25.3 Å². The molecule has 0 unspecified atom stereocenters. The number of amides is 1. The zero-order chi connectivity index (χ0) is 17.1. The second-order valence-electron chi connectivity index (χ2n) is 5.49. The Morgan fingerprint density at radius 2 is 1.79 bits per heavy atom. The van der Waals surface area contributed by atoms with Gasteiger partial charge in [0.2, 0.25) is 0 Å². The highest BCUT2D eigenvalue weighted by atomic mass is 35.5. The number of nitrogens with one attached hydrogen (secondary N) is 1. The lowest BCUT2D eigenvalue weighted by Crippen LogP contribution is -2.17. The Labute approximate surface area is 145 Å². The summed E-state index contributed by atoms with van der Waals surface area (Å²) in [5.74, 6) is 1.42. The molecule has 24 heavy (non-hydrogen) atoms. The predicted molar refractivity (Wildman–Crippen MR) is 92.7 cm³/mol. The third-order valence-corrected chi connectivity index (χ3v) is 4.29. The Hall–Kier alpha value is -2.40. The molecular formula is C18H18ClNO4. The van der Waals surface area contributed by atoms with Gasteiger partial charge in [-0.15, -0.1) is 0 Å². The monoisotopic (exact) mass is 347 g/mol. The average Bonchev–Trinajstić information content (AvgIpc) is 3.02. The van der Waals surface area contributed by atoms with Crippen molar-refractivity contribution in [2.75, 3.05) is 19.5 Å². The molecule has 2 aromatic carbocycles. The second-order valence-corrected chi connectivity index (χ2v) is 5.89. The maximum atomic E-state index is 12.2. The summed E-state index contributed by atoms with van der Waals surface area (Å²) >= 11 is 6.09. The van der Waals surface area contributed by atoms with Gasteiger partial charge in [0.05, 0.1) is 24.9 Å². The zero-order valence-electron chi connectivity index (χ0n) is 13.5. The fourth-order valence-corrected chi connectivity index (χ4v) is 3.05. The van der Waals surface area contributed by atoms with E-state index in [9.17, 15) is 4.79 Å². The topological polar surface area (TPSA) is 56.8 Å². The average molecular weight is 348 g/mol. The van der Waals surface area contributed by atoms with Crippen molar-refractivity contribution in [1.29, 1.82) is 0 Å². The van der Waals surface area contributed by atoms with E-state index in [4.69, 9.17) is 25.8 Å². The first-order valence-corrected chi connectivity index (χ1v) is 8.00. The summed E-state index contributed by atoms with van der Waals surface area (Å²) < 4.78 is 15.7. The number of aryl methyl sites for hydroxylation is 2. The van der Waals surface area contributed by atoms with Crippen molar-refractivity contribution >= 4 is 23.4 Å². The number of halogens is 1. The Kier molecular flexibility index (Phi) is 4.81. The fraction of sp³-hybridized carbons (Fsp3) is 0.278. The molecule has 0 heterocycles. The van der Waals surface area contributed by atoms with Crippen LogP contribution in [0.15, 0.2) is 30.3 Å². The first kappa shape index (κ1) is 16.5. The van der Waals surface area contributed by atoms with Crippen LogP contribution < -0.4 is 19.5 Å². The molecule has 1 aliphatic rings. The summed E-state index contributed by atoms with van der Waals surface area (Å²) in [6, 6.07) is 8.90. The zero-order valence-corrected chi connectivity index (χ0v) is 14.3. The number of hydrogen-bond acceptors (Lipinski definition) is 4. The second kappa shape index (κ2) is 7.01. The highest BCUT2D eigenvalue weighted by Crippen LogP contribution is 2.36. The lowest BCUT2D eigenvalue weighted by atomic mass is 10.1. The lowest BCUT2D eigenvalue weighted by Gasteiger charge is -2.13. The molecule has 2 aromatic rings. The van der Waals surface area contributed by atoms with Crippen molar-refractivity contribution in [2.24, 2.45) is 0 Å². The Morgan fingerprint density at radius 1 is 1.04 bits per heavy atom. The summed E-state index contributed by atoms with van der Waals surface area (Å²) in [5, 5.41) is 3.01. The van der Waals surface area contributed by atoms with E-state index in [-0.39, 0.29) is 0 Å². The van der Waals surface area contributed by atoms with E-state index in [1.807, 2.05) is 18.2 Å². The van der Waals surface area contributed by atoms with Crippen molar-refractivity contribution < 1.29 is 19.0 Å². The molecule has 3 rings (SSSR count). The van der Waals surface area contributed by atoms with Crippen molar-refractivity contribution in [3.05, 3.63) is 46.5 Å². The number of fused-ring (bicyclic) bond motifs is 1. The van der Waals surface area contributed by atoms with Gasteiger partial charge in [-0.05, 0) is 48.6 Å². The smallest absolute Gasteiger partial charge is 0.417 e. The van der Waals surface area contributed by atoms with Crippen LogP contribution >= 0.6 is 11.6 Å². The highest BCUT2D eigenvalue weighted by molar-refractivity contribution is 6.32. The van der Waals surface area contributed by atoms with Crippen molar-refractivity contribution in [1.82, 2.24) is 0 Å². The molecule has 126 valence electrons. The van der Waals surface area contributed by atoms with E-state index >= 15 is 0 Å². The molecule has 5 nitrogen and oxygen atoms in total. The Bertz CT molecular complexity index is 776. The number of methoxy groups -OCH3 is 2. The number of hydrogen-bond donors (Lipinski definition) is 1. The van der Waals surface area contributed by atoms with Gasteiger partial charge < -0.3 is 14.2 Å². The SMILES string of the molecule is COc1cc(OC)c(NC(=O)Oc2ccc3c(c2)CCC3)cc1Cl. The van der Waals surface area contributed by atoms with Crippen LogP contribution in [0.25, 0.3) is 0 Å². The maximum absolute atomic E-state index is 12.2. The van der Waals surface area contributed by atoms with Gasteiger partial charge in [-0.25, -0.2) is 4.79 Å². The van der Waals surface area contributed by atoms with E-state index in [0.717, 1.165) is 19.3 Å². The van der Waals surface area contributed by atoms with Gasteiger partial charge in [0.15, 0.2) is 0 Å². The van der Waals surface area contributed by atoms with Gasteiger partial charge in [-0.2, -0.15) is 0 Å². The molecule has 0 radical (unpaired) electrons. The van der Waals surface area contributed by atoms with E-state index in [1.54, 1.807) is 12.1 Å². The molecule has 0 saturated carbocycles. The van der Waals surface area contributed by atoms with E-state index in [0.29, 0.717) is 28.0 Å². The molecule has 0 fully saturated rings. The third-order valence-electron chi connectivity index (χ3n) is 3.99. The quantitative estimate of drug-likeness (QED) is 0.887. The number of carbonyl (C=O) groups excluding carboxylic acids is 1. The summed E-state index contributed by atoms with van der Waals surface area (Å²) in [7, 11) is 3.01. The predicted octanol–water partition coefficient (Wildman–Crippen LogP) is 4.46. The van der Waals surface area contributed by atoms with Crippen molar-refractivity contribution in [3.8, 4) is 17.2 Å². The standard InChI is InChI=1S/C18H18ClNO4/c1-22-16-10-17(23-2)15(9-14(16)19)20-18(21)24-13-7-6-11-4-3-5-12(11)8-13/h6-10H,3-5H2,1-2H3,(H,20,21). The minimum atomic E-state index is -0.604. The van der Waals surface area contributed by atoms with Crippen LogP contribution in [0.5, 0.6) is 17.2 Å². The summed E-state index contributed by atoms with van der Waals surface area (Å²) in [5.41, 5.74) is 2.98. The molecule has 0 aromatic heterocycles. The van der Waals surface area contributed by atoms with Crippen molar-refractivity contribution in [3.63, 3.8) is 0 Å². The largest absolute Gasteiger partial charge is 0.495 e. The molecule has 0 spiro atoms. The third kappa shape index (κ3) is 3.41. The molecule has 1 N–H and O–H groups in total. The van der Waals surface area contributed by atoms with Crippen LogP contribution in [0.1, 0.15) is 17.5 Å². The number of rotatable bonds is 4. The normalized spacial score (nSPS) is 12.5. The minimum Gasteiger partial charge on any atom is -0.495 e. The first-order chi connectivity index (χ1) is 11.6. The van der Waals surface area contributed by atoms with Crippen LogP contribution in [0.3, 0.4) is 0 Å². The Morgan fingerprint density at radius 3 is 2.54 bits per heavy atom. The molecule has 0 aliphatic heterocycles. The molecule has 0 bridgehead atoms. The minimum absolute atomic E-state index is 0.367. The van der Waals surface area contributed by atoms with Gasteiger partial charge in [-0.1, -0.05) is 17.7 Å². The van der Waals surface area contributed by atoms with Gasteiger partial charge >= 0.3 is 6.09 Å². The number of ether oxygens (including phenoxy) is 3. The summed E-state index contributed by atoms with van der Waals surface area (Å²) in [6.45, 7) is 0. The lowest BCUT2D eigenvalue weighted by molar-refractivity contribution is 0.215. The van der Waals surface area contributed by atoms with Crippen LogP contribution in [0, 0.1) is 0 Å². The van der Waals surface area contributed by atoms with E-state index < -0.39 is 6.09 Å². The van der Waals surface area contributed by atoms with Gasteiger partial charge in [0.1, 0.15) is 17.2 Å². The van der Waals surface area contributed by atoms with E-state index in [2.05, 4.69) is 5.32 Å². The first-order valence-electron chi connectivity index (χ1n) is 7.63. The molecule has 1 amide bonds. The summed E-state index contributed by atoms with van der Waals surface area (Å²) in [4.78, 5) is 12.2. The molecule has 1 aliphatic carbocycles. The summed E-state index contributed by atoms with van der Waals surface area (Å²) in [6.07, 6.45) is 2.65. The Balaban J connectivity index is 1.74. The fourth-order valence-electron chi connectivity index (χ4n) is 2.81.